The van der Waals surface area contributed by atoms with Gasteiger partial charge in [0.1, 0.15) is 11.6 Å². The Kier molecular flexibility index (Phi) is 5.71. The van der Waals surface area contributed by atoms with Crippen LogP contribution >= 0.6 is 0 Å². The smallest absolute Gasteiger partial charge is 0.233 e. The minimum atomic E-state index is 0.0173. The Morgan fingerprint density at radius 1 is 1.12 bits per heavy atom. The molecule has 0 saturated carbocycles. The molecule has 2 aromatic rings. The van der Waals surface area contributed by atoms with Crippen molar-refractivity contribution in [2.24, 2.45) is 0 Å². The van der Waals surface area contributed by atoms with Crippen molar-refractivity contribution in [1.29, 1.82) is 0 Å². The minimum absolute atomic E-state index is 0.0173. The molecule has 0 bridgehead atoms. The van der Waals surface area contributed by atoms with E-state index in [2.05, 4.69) is 53.4 Å². The number of hydrogen-bond donors (Lipinski definition) is 2. The Bertz CT molecular complexity index is 773. The standard InChI is InChI=1S/C20H27N5O/c1-3-5-6-11-22-20-23-18(21)16-12-17(26)25(19(16)24-20)13-15-9-7-14(4-2)8-10-15/h7-10H,3-6,11-13H2,1-2H3,(H3,21,22,23,24). The minimum Gasteiger partial charge on any atom is -0.383 e. The Morgan fingerprint density at radius 3 is 2.54 bits per heavy atom. The molecule has 1 aromatic carbocycles. The highest BCUT2D eigenvalue weighted by Crippen LogP contribution is 2.32. The zero-order chi connectivity index (χ0) is 18.5. The lowest BCUT2D eigenvalue weighted by atomic mass is 10.1. The van der Waals surface area contributed by atoms with Crippen LogP contribution in [0.2, 0.25) is 0 Å². The molecule has 0 unspecified atom stereocenters. The van der Waals surface area contributed by atoms with E-state index in [1.807, 2.05) is 0 Å². The number of benzene rings is 1. The summed E-state index contributed by atoms with van der Waals surface area (Å²) >= 11 is 0. The average molecular weight is 353 g/mol. The van der Waals surface area contributed by atoms with Gasteiger partial charge in [0.05, 0.1) is 13.0 Å². The molecule has 6 nitrogen and oxygen atoms in total. The van der Waals surface area contributed by atoms with E-state index in [9.17, 15) is 4.79 Å². The lowest BCUT2D eigenvalue weighted by molar-refractivity contribution is -0.117. The number of aryl methyl sites for hydroxylation is 1. The number of nitrogens with two attached hydrogens (primary N) is 1. The van der Waals surface area contributed by atoms with Crippen molar-refractivity contribution >= 4 is 23.5 Å². The van der Waals surface area contributed by atoms with Gasteiger partial charge in [-0.3, -0.25) is 9.69 Å². The highest BCUT2D eigenvalue weighted by molar-refractivity contribution is 6.01. The van der Waals surface area contributed by atoms with Gasteiger partial charge in [-0.25, -0.2) is 0 Å². The molecule has 6 heteroatoms. The van der Waals surface area contributed by atoms with Crippen molar-refractivity contribution in [2.75, 3.05) is 22.5 Å². The highest BCUT2D eigenvalue weighted by Gasteiger charge is 2.31. The Hall–Kier alpha value is -2.63. The zero-order valence-corrected chi connectivity index (χ0v) is 15.6. The van der Waals surface area contributed by atoms with E-state index in [4.69, 9.17) is 5.73 Å². The molecule has 1 aliphatic heterocycles. The second kappa shape index (κ2) is 8.17. The topological polar surface area (TPSA) is 84.1 Å². The van der Waals surface area contributed by atoms with Crippen molar-refractivity contribution in [3.05, 3.63) is 41.0 Å². The van der Waals surface area contributed by atoms with E-state index in [1.165, 1.54) is 5.56 Å². The van der Waals surface area contributed by atoms with Crippen molar-refractivity contribution in [2.45, 2.75) is 52.5 Å². The molecule has 0 aliphatic carbocycles. The van der Waals surface area contributed by atoms with Crippen molar-refractivity contribution in [3.8, 4) is 0 Å². The molecule has 0 radical (unpaired) electrons. The van der Waals surface area contributed by atoms with Crippen LogP contribution in [0.15, 0.2) is 24.3 Å². The van der Waals surface area contributed by atoms with Gasteiger partial charge in [0.15, 0.2) is 0 Å². The van der Waals surface area contributed by atoms with Gasteiger partial charge in [0.2, 0.25) is 11.9 Å². The maximum Gasteiger partial charge on any atom is 0.233 e. The maximum absolute atomic E-state index is 12.5. The normalized spacial score (nSPS) is 13.2. The van der Waals surface area contributed by atoms with Crippen LogP contribution in [0.4, 0.5) is 17.6 Å². The number of nitrogens with one attached hydrogen (secondary N) is 1. The largest absolute Gasteiger partial charge is 0.383 e. The molecule has 2 heterocycles. The molecular weight excluding hydrogens is 326 g/mol. The lowest BCUT2D eigenvalue weighted by Crippen LogP contribution is -2.26. The van der Waals surface area contributed by atoms with Gasteiger partial charge >= 0.3 is 0 Å². The first kappa shape index (κ1) is 18.2. The molecular formula is C20H27N5O. The number of rotatable bonds is 8. The number of fused-ring (bicyclic) bond motifs is 1. The molecule has 1 aliphatic rings. The fourth-order valence-electron chi connectivity index (χ4n) is 3.13. The summed E-state index contributed by atoms with van der Waals surface area (Å²) in [5.74, 6) is 1.55. The van der Waals surface area contributed by atoms with Crippen LogP contribution in [0.1, 0.15) is 49.8 Å². The van der Waals surface area contributed by atoms with Gasteiger partial charge in [-0.15, -0.1) is 0 Å². The number of amides is 1. The SMILES string of the molecule is CCCCCNc1nc(N)c2c(n1)N(Cc1ccc(CC)cc1)C(=O)C2. The fourth-order valence-corrected chi connectivity index (χ4v) is 3.13. The van der Waals surface area contributed by atoms with E-state index >= 15 is 0 Å². The van der Waals surface area contributed by atoms with Gasteiger partial charge in [-0.05, 0) is 24.0 Å². The monoisotopic (exact) mass is 353 g/mol. The summed E-state index contributed by atoms with van der Waals surface area (Å²) in [6.07, 6.45) is 4.65. The molecule has 3 rings (SSSR count). The average Bonchev–Trinajstić information content (AvgIpc) is 2.96. The summed E-state index contributed by atoms with van der Waals surface area (Å²) in [6.45, 7) is 5.60. The zero-order valence-electron chi connectivity index (χ0n) is 15.6. The molecule has 0 fully saturated rings. The Morgan fingerprint density at radius 2 is 1.85 bits per heavy atom. The van der Waals surface area contributed by atoms with E-state index in [-0.39, 0.29) is 12.3 Å². The number of nitrogens with zero attached hydrogens (tertiary/aromatic N) is 3. The summed E-state index contributed by atoms with van der Waals surface area (Å²) in [5.41, 5.74) is 9.19. The summed E-state index contributed by atoms with van der Waals surface area (Å²) in [7, 11) is 0. The van der Waals surface area contributed by atoms with Gasteiger partial charge < -0.3 is 11.1 Å². The van der Waals surface area contributed by atoms with Gasteiger partial charge in [-0.1, -0.05) is 51.0 Å². The molecule has 0 saturated heterocycles. The van der Waals surface area contributed by atoms with Crippen LogP contribution < -0.4 is 16.0 Å². The van der Waals surface area contributed by atoms with Crippen LogP contribution in [-0.4, -0.2) is 22.4 Å². The number of nitrogen functional groups attached to an aromatic ring is 1. The van der Waals surface area contributed by atoms with Gasteiger partial charge in [0.25, 0.3) is 0 Å². The number of aromatic nitrogens is 2. The van der Waals surface area contributed by atoms with Crippen LogP contribution in [0.5, 0.6) is 0 Å². The van der Waals surface area contributed by atoms with E-state index in [1.54, 1.807) is 4.90 Å². The number of carbonyl (C=O) groups is 1. The van der Waals surface area contributed by atoms with Gasteiger partial charge in [-0.2, -0.15) is 9.97 Å². The van der Waals surface area contributed by atoms with Crippen molar-refractivity contribution < 1.29 is 4.79 Å². The Balaban J connectivity index is 1.78. The first-order chi connectivity index (χ1) is 12.6. The Labute approximate surface area is 154 Å². The predicted molar refractivity (Wildman–Crippen MR) is 105 cm³/mol. The third kappa shape index (κ3) is 3.95. The van der Waals surface area contributed by atoms with Crippen molar-refractivity contribution in [3.63, 3.8) is 0 Å². The fraction of sp³-hybridized carbons (Fsp3) is 0.450. The van der Waals surface area contributed by atoms with Crippen LogP contribution in [0, 0.1) is 0 Å². The number of hydrogen-bond acceptors (Lipinski definition) is 5. The molecule has 0 spiro atoms. The van der Waals surface area contributed by atoms with Crippen LogP contribution in [0.25, 0.3) is 0 Å². The van der Waals surface area contributed by atoms with Crippen LogP contribution in [-0.2, 0) is 24.2 Å². The first-order valence-electron chi connectivity index (χ1n) is 9.40. The number of anilines is 3. The molecule has 138 valence electrons. The van der Waals surface area contributed by atoms with E-state index in [0.717, 1.165) is 43.4 Å². The quantitative estimate of drug-likeness (QED) is 0.711. The van der Waals surface area contributed by atoms with Gasteiger partial charge in [0, 0.05) is 12.1 Å². The van der Waals surface area contributed by atoms with E-state index < -0.39 is 0 Å². The molecule has 3 N–H and O–H groups in total. The summed E-state index contributed by atoms with van der Waals surface area (Å²) in [6, 6.07) is 8.34. The second-order valence-electron chi connectivity index (χ2n) is 6.70. The summed E-state index contributed by atoms with van der Waals surface area (Å²) in [5, 5.41) is 3.22. The highest BCUT2D eigenvalue weighted by atomic mass is 16.2. The number of unbranched alkanes of at least 4 members (excludes halogenated alkanes) is 2. The summed E-state index contributed by atoms with van der Waals surface area (Å²) < 4.78 is 0. The van der Waals surface area contributed by atoms with Crippen molar-refractivity contribution in [1.82, 2.24) is 9.97 Å². The second-order valence-corrected chi connectivity index (χ2v) is 6.70. The summed E-state index contributed by atoms with van der Waals surface area (Å²) in [4.78, 5) is 23.1. The van der Waals surface area contributed by atoms with E-state index in [0.29, 0.717) is 24.1 Å². The molecule has 0 atom stereocenters. The van der Waals surface area contributed by atoms with Crippen LogP contribution in [0.3, 0.4) is 0 Å². The third-order valence-corrected chi connectivity index (χ3v) is 4.74. The molecule has 26 heavy (non-hydrogen) atoms. The maximum atomic E-state index is 12.5. The molecule has 1 aromatic heterocycles. The lowest BCUT2D eigenvalue weighted by Gasteiger charge is -2.18. The first-order valence-corrected chi connectivity index (χ1v) is 9.40. The molecule has 1 amide bonds. The predicted octanol–water partition coefficient (Wildman–Crippen LogP) is 3.31. The number of carbonyl (C=O) groups excluding carboxylic acids is 1. The third-order valence-electron chi connectivity index (χ3n) is 4.74.